The van der Waals surface area contributed by atoms with Crippen molar-refractivity contribution in [3.8, 4) is 0 Å². The van der Waals surface area contributed by atoms with Gasteiger partial charge in [-0.2, -0.15) is 0 Å². The number of hydrogen-bond donors (Lipinski definition) is 2. The van der Waals surface area contributed by atoms with Gasteiger partial charge < -0.3 is 0 Å². The molecule has 0 atom stereocenters. The fourth-order valence-electron chi connectivity index (χ4n) is 5.77. The Morgan fingerprint density at radius 2 is 1.70 bits per heavy atom. The van der Waals surface area contributed by atoms with Gasteiger partial charge >= 0.3 is 0 Å². The average molecular weight is 487 g/mol. The van der Waals surface area contributed by atoms with E-state index in [-0.39, 0.29) is 25.6 Å². The van der Waals surface area contributed by atoms with E-state index in [0.29, 0.717) is 22.8 Å². The number of aromatic nitrogens is 2. The largest absolute Gasteiger partial charge is 0.296 e. The first-order valence-electron chi connectivity index (χ1n) is 9.85. The maximum Gasteiger partial charge on any atom is 0.270 e. The summed E-state index contributed by atoms with van der Waals surface area (Å²) in [6.45, 7) is 0. The molecule has 30 heavy (non-hydrogen) atoms. The fourth-order valence-corrected chi connectivity index (χ4v) is 8.59. The van der Waals surface area contributed by atoms with Crippen LogP contribution in [0.4, 0.5) is 5.13 Å². The number of carbonyl (C=O) groups is 1. The van der Waals surface area contributed by atoms with Crippen LogP contribution in [-0.2, 0) is 10.0 Å². The molecule has 0 aliphatic heterocycles. The Hall–Kier alpha value is -1.26. The highest BCUT2D eigenvalue weighted by Crippen LogP contribution is 2.56. The number of anilines is 1. The van der Waals surface area contributed by atoms with E-state index in [1.54, 1.807) is 6.07 Å². The lowest BCUT2D eigenvalue weighted by atomic mass is 9.53. The van der Waals surface area contributed by atoms with Crippen LogP contribution in [0.25, 0.3) is 0 Å². The van der Waals surface area contributed by atoms with E-state index in [1.807, 2.05) is 0 Å². The van der Waals surface area contributed by atoms with Gasteiger partial charge in [0.1, 0.15) is 0 Å². The van der Waals surface area contributed by atoms with E-state index < -0.39 is 15.9 Å². The molecule has 4 saturated carbocycles. The van der Waals surface area contributed by atoms with E-state index in [0.717, 1.165) is 30.6 Å². The van der Waals surface area contributed by atoms with Crippen LogP contribution < -0.4 is 10.0 Å². The summed E-state index contributed by atoms with van der Waals surface area (Å²) >= 11 is 12.7. The maximum atomic E-state index is 13.0. The molecule has 4 aliphatic carbocycles. The van der Waals surface area contributed by atoms with E-state index >= 15 is 0 Å². The highest BCUT2D eigenvalue weighted by atomic mass is 35.5. The van der Waals surface area contributed by atoms with Gasteiger partial charge in [-0.05, 0) is 74.5 Å². The monoisotopic (exact) mass is 486 g/mol. The first kappa shape index (κ1) is 20.6. The highest BCUT2D eigenvalue weighted by molar-refractivity contribution is 7.91. The summed E-state index contributed by atoms with van der Waals surface area (Å²) in [5.74, 6) is 1.35. The Kier molecular flexibility index (Phi) is 5.10. The SMILES string of the molecule is O=C(Nc1nnc(S(=O)(=O)NC23CC4CC(CC(C4)C2)C3)s1)c1ccc(Cl)cc1Cl. The van der Waals surface area contributed by atoms with Crippen LogP contribution in [0.15, 0.2) is 22.5 Å². The molecule has 6 rings (SSSR count). The molecule has 0 saturated heterocycles. The summed E-state index contributed by atoms with van der Waals surface area (Å²) in [5, 5.41) is 10.9. The smallest absolute Gasteiger partial charge is 0.270 e. The Balaban J connectivity index is 1.31. The van der Waals surface area contributed by atoms with E-state index in [4.69, 9.17) is 23.2 Å². The Bertz CT molecular complexity index is 1080. The van der Waals surface area contributed by atoms with Crippen LogP contribution in [-0.4, -0.2) is 30.1 Å². The molecular weight excluding hydrogens is 467 g/mol. The zero-order valence-corrected chi connectivity index (χ0v) is 19.0. The van der Waals surface area contributed by atoms with Gasteiger partial charge in [0.2, 0.25) is 9.47 Å². The zero-order chi connectivity index (χ0) is 21.1. The first-order valence-corrected chi connectivity index (χ1v) is 12.9. The second kappa shape index (κ2) is 7.41. The van der Waals surface area contributed by atoms with Crippen LogP contribution in [0, 0.1) is 17.8 Å². The van der Waals surface area contributed by atoms with Crippen LogP contribution >= 0.6 is 34.5 Å². The molecule has 11 heteroatoms. The topological polar surface area (TPSA) is 101 Å². The molecule has 4 bridgehead atoms. The third kappa shape index (κ3) is 3.86. The number of hydrogen-bond acceptors (Lipinski definition) is 6. The van der Waals surface area contributed by atoms with Gasteiger partial charge in [0, 0.05) is 10.6 Å². The number of benzene rings is 1. The second-order valence-corrected chi connectivity index (χ2v) is 12.4. The Morgan fingerprint density at radius 1 is 1.07 bits per heavy atom. The number of sulfonamides is 1. The average Bonchev–Trinajstić information content (AvgIpc) is 3.09. The van der Waals surface area contributed by atoms with Gasteiger partial charge in [-0.1, -0.05) is 34.5 Å². The number of carbonyl (C=O) groups excluding carboxylic acids is 1. The van der Waals surface area contributed by atoms with Gasteiger partial charge in [0.15, 0.2) is 0 Å². The van der Waals surface area contributed by atoms with Crippen molar-refractivity contribution in [2.75, 3.05) is 5.32 Å². The van der Waals surface area contributed by atoms with Gasteiger partial charge in [-0.25, -0.2) is 13.1 Å². The highest BCUT2D eigenvalue weighted by Gasteiger charge is 2.52. The van der Waals surface area contributed by atoms with Gasteiger partial charge in [-0.15, -0.1) is 10.2 Å². The molecule has 1 aromatic carbocycles. The predicted octanol–water partition coefficient (Wildman–Crippen LogP) is 4.34. The zero-order valence-electron chi connectivity index (χ0n) is 15.9. The summed E-state index contributed by atoms with van der Waals surface area (Å²) in [4.78, 5) is 12.4. The minimum Gasteiger partial charge on any atom is -0.296 e. The van der Waals surface area contributed by atoms with E-state index in [2.05, 4.69) is 20.2 Å². The second-order valence-electron chi connectivity index (χ2n) is 8.75. The molecule has 1 amide bonds. The van der Waals surface area contributed by atoms with Crippen molar-refractivity contribution in [3.63, 3.8) is 0 Å². The third-order valence-electron chi connectivity index (χ3n) is 6.42. The lowest BCUT2D eigenvalue weighted by Gasteiger charge is -2.56. The Morgan fingerprint density at radius 3 is 2.30 bits per heavy atom. The van der Waals surface area contributed by atoms with Crippen LogP contribution in [0.1, 0.15) is 48.9 Å². The Labute approximate surface area is 188 Å². The van der Waals surface area contributed by atoms with Crippen molar-refractivity contribution in [1.29, 1.82) is 0 Å². The number of halogens is 2. The summed E-state index contributed by atoms with van der Waals surface area (Å²) in [5.41, 5.74) is -0.146. The molecule has 0 spiro atoms. The standard InChI is InChI=1S/C19H20Cl2N4O3S2/c20-13-1-2-14(15(21)6-13)16(26)22-17-23-24-18(29-17)30(27,28)25-19-7-10-3-11(8-19)5-12(4-10)9-19/h1-2,6,10-12,25H,3-5,7-9H2,(H,22,23,26). The summed E-state index contributed by atoms with van der Waals surface area (Å²) in [6, 6.07) is 4.50. The summed E-state index contributed by atoms with van der Waals surface area (Å²) in [7, 11) is -3.82. The van der Waals surface area contributed by atoms with Crippen molar-refractivity contribution >= 4 is 55.6 Å². The number of nitrogens with one attached hydrogen (secondary N) is 2. The van der Waals surface area contributed by atoms with Gasteiger partial charge in [0.25, 0.3) is 15.9 Å². The molecule has 2 aromatic rings. The van der Waals surface area contributed by atoms with E-state index in [1.165, 1.54) is 31.4 Å². The lowest BCUT2D eigenvalue weighted by molar-refractivity contribution is -0.00811. The van der Waals surface area contributed by atoms with Crippen LogP contribution in [0.5, 0.6) is 0 Å². The van der Waals surface area contributed by atoms with Crippen molar-refractivity contribution in [3.05, 3.63) is 33.8 Å². The molecule has 1 aromatic heterocycles. The molecule has 4 aliphatic rings. The van der Waals surface area contributed by atoms with Crippen molar-refractivity contribution in [2.24, 2.45) is 17.8 Å². The summed E-state index contributed by atoms with van der Waals surface area (Å²) in [6.07, 6.45) is 6.37. The normalized spacial score (nSPS) is 29.9. The molecular formula is C19H20Cl2N4O3S2. The number of rotatable bonds is 5. The molecule has 160 valence electrons. The van der Waals surface area contributed by atoms with E-state index in [9.17, 15) is 13.2 Å². The molecule has 1 heterocycles. The third-order valence-corrected chi connectivity index (χ3v) is 9.75. The maximum absolute atomic E-state index is 13.0. The molecule has 4 fully saturated rings. The molecule has 0 unspecified atom stereocenters. The van der Waals surface area contributed by atoms with Crippen LogP contribution in [0.3, 0.4) is 0 Å². The molecule has 7 nitrogen and oxygen atoms in total. The first-order chi connectivity index (χ1) is 14.2. The van der Waals surface area contributed by atoms with Crippen LogP contribution in [0.2, 0.25) is 10.0 Å². The quantitative estimate of drug-likeness (QED) is 0.611. The van der Waals surface area contributed by atoms with Gasteiger partial charge in [-0.3, -0.25) is 10.1 Å². The van der Waals surface area contributed by atoms with Crippen molar-refractivity contribution < 1.29 is 13.2 Å². The van der Waals surface area contributed by atoms with Gasteiger partial charge in [0.05, 0.1) is 10.6 Å². The van der Waals surface area contributed by atoms with Crippen molar-refractivity contribution in [2.45, 2.75) is 48.4 Å². The minimum absolute atomic E-state index is 0.0944. The minimum atomic E-state index is -3.82. The number of nitrogens with zero attached hydrogens (tertiary/aromatic N) is 2. The fraction of sp³-hybridized carbons (Fsp3) is 0.526. The number of amides is 1. The summed E-state index contributed by atoms with van der Waals surface area (Å²) < 4.78 is 28.9. The molecule has 0 radical (unpaired) electrons. The van der Waals surface area contributed by atoms with Crippen molar-refractivity contribution in [1.82, 2.24) is 14.9 Å². The lowest BCUT2D eigenvalue weighted by Crippen LogP contribution is -2.59. The molecule has 2 N–H and O–H groups in total. The predicted molar refractivity (Wildman–Crippen MR) is 116 cm³/mol.